The van der Waals surface area contributed by atoms with Crippen molar-refractivity contribution >= 4 is 33.4 Å². The highest BCUT2D eigenvalue weighted by Gasteiger charge is 2.46. The highest BCUT2D eigenvalue weighted by atomic mass is 31.3. The lowest BCUT2D eigenvalue weighted by Gasteiger charge is -2.21. The van der Waals surface area contributed by atoms with Crippen molar-refractivity contribution < 1.29 is 71.0 Å². The summed E-state index contributed by atoms with van der Waals surface area (Å²) in [4.78, 5) is 62.0. The maximum absolute atomic E-state index is 12.9. The van der Waals surface area contributed by atoms with Gasteiger partial charge in [0.1, 0.15) is 30.7 Å². The molecule has 2 aliphatic heterocycles. The van der Waals surface area contributed by atoms with Gasteiger partial charge in [-0.2, -0.15) is 9.29 Å². The number of aliphatic hydroxyl groups is 2. The number of epoxide rings is 1. The first kappa shape index (κ1) is 61.2. The lowest BCUT2D eigenvalue weighted by molar-refractivity contribution is -0.161. The predicted octanol–water partition coefficient (Wildman–Crippen LogP) is 9.23. The summed E-state index contributed by atoms with van der Waals surface area (Å²) in [5, 5.41) is 20.9. The molecule has 10 atom stereocenters. The number of hydrogen-bond acceptors (Lipinski definition) is 16. The van der Waals surface area contributed by atoms with Crippen LogP contribution in [0.1, 0.15) is 175 Å². The number of phosphoric ester groups is 2. The van der Waals surface area contributed by atoms with Crippen LogP contribution in [0.25, 0.3) is 0 Å². The Hall–Kier alpha value is -3.06. The van der Waals surface area contributed by atoms with Gasteiger partial charge in [-0.05, 0) is 63.4 Å². The number of aliphatic hydroxyl groups excluding tert-OH is 2. The summed E-state index contributed by atoms with van der Waals surface area (Å²) in [6, 6.07) is 1.24. The highest BCUT2D eigenvalue weighted by molar-refractivity contribution is 7.61. The first-order valence-corrected chi connectivity index (χ1v) is 28.5. The van der Waals surface area contributed by atoms with E-state index >= 15 is 0 Å². The van der Waals surface area contributed by atoms with Crippen molar-refractivity contribution in [1.29, 1.82) is 0 Å². The maximum atomic E-state index is 12.9. The van der Waals surface area contributed by atoms with Crippen LogP contribution in [0, 0.1) is 5.92 Å². The third kappa shape index (κ3) is 26.6. The minimum Gasteiger partial charge on any atom is -0.462 e. The van der Waals surface area contributed by atoms with E-state index in [1.807, 2.05) is 0 Å². The number of carbonyl (C=O) groups is 2. The number of carbonyl (C=O) groups excluding carboxylic acids is 2. The molecule has 5 unspecified atom stereocenters. The molecule has 1 aromatic rings. The zero-order chi connectivity index (χ0) is 51.2. The van der Waals surface area contributed by atoms with Crippen LogP contribution in [-0.4, -0.2) is 97.9 Å². The molecule has 19 nitrogen and oxygen atoms in total. The fourth-order valence-electron chi connectivity index (χ4n) is 7.73. The Morgan fingerprint density at radius 3 is 2.07 bits per heavy atom. The van der Waals surface area contributed by atoms with Crippen molar-refractivity contribution in [1.82, 2.24) is 9.55 Å². The number of rotatable bonds is 40. The molecule has 2 fully saturated rings. The molecular weight excluding hydrogens is 948 g/mol. The predicted molar refractivity (Wildman–Crippen MR) is 265 cm³/mol. The molecule has 3 rings (SSSR count). The van der Waals surface area contributed by atoms with Crippen molar-refractivity contribution in [3.8, 4) is 0 Å². The summed E-state index contributed by atoms with van der Waals surface area (Å²) in [6.07, 6.45) is 28.2. The topological polar surface area (TPSA) is 278 Å². The molecule has 0 aromatic carbocycles. The third-order valence-electron chi connectivity index (χ3n) is 12.2. The van der Waals surface area contributed by atoms with E-state index in [1.165, 1.54) is 70.3 Å². The molecule has 2 saturated heterocycles. The summed E-state index contributed by atoms with van der Waals surface area (Å²) >= 11 is 0. The number of anilines is 1. The average molecular weight is 1030 g/mol. The second kappa shape index (κ2) is 34.4. The Balaban J connectivity index is 1.42. The zero-order valence-electron chi connectivity index (χ0n) is 41.7. The molecule has 1 aromatic heterocycles. The second-order valence-electron chi connectivity index (χ2n) is 18.3. The van der Waals surface area contributed by atoms with Gasteiger partial charge in [0.15, 0.2) is 12.3 Å². The number of nitrogen functional groups attached to an aromatic ring is 1. The number of ether oxygens (including phenoxy) is 4. The van der Waals surface area contributed by atoms with Gasteiger partial charge < -0.3 is 44.7 Å². The molecular formula is C49H83N3O16P2. The van der Waals surface area contributed by atoms with Crippen LogP contribution < -0.4 is 11.4 Å². The fourth-order valence-corrected chi connectivity index (χ4v) is 9.84. The van der Waals surface area contributed by atoms with Gasteiger partial charge in [0.2, 0.25) is 0 Å². The van der Waals surface area contributed by atoms with E-state index in [0.717, 1.165) is 68.0 Å². The molecule has 0 saturated carbocycles. The Labute approximate surface area is 414 Å². The van der Waals surface area contributed by atoms with Gasteiger partial charge in [0.05, 0.1) is 25.4 Å². The average Bonchev–Trinajstić information content (AvgIpc) is 4.00. The Bertz CT molecular complexity index is 1900. The van der Waals surface area contributed by atoms with Crippen molar-refractivity contribution in [2.75, 3.05) is 25.6 Å². The van der Waals surface area contributed by atoms with Crippen molar-refractivity contribution in [3.63, 3.8) is 0 Å². The summed E-state index contributed by atoms with van der Waals surface area (Å²) in [5.74, 6) is -0.579. The molecule has 3 heterocycles. The third-order valence-corrected chi connectivity index (χ3v) is 14.8. The summed E-state index contributed by atoms with van der Waals surface area (Å²) < 4.78 is 62.6. The monoisotopic (exact) mass is 1030 g/mol. The Kier molecular flexibility index (Phi) is 30.1. The van der Waals surface area contributed by atoms with Crippen molar-refractivity contribution in [3.05, 3.63) is 59.2 Å². The normalized spacial score (nSPS) is 22.9. The number of phosphoric acid groups is 2. The molecule has 21 heteroatoms. The number of hydrogen-bond donors (Lipinski definition) is 5. The van der Waals surface area contributed by atoms with E-state index in [2.05, 4.69) is 66.5 Å². The standard InChI is InChI=1S/C49H83N3O16P2/c1-4-6-7-8-9-10-11-12-16-19-22-25-29-40-41(66-40)30-27-32-44(53)62-35-39(65-45(54)31-26-23-20-17-14-13-15-18-21-24-28-38(3)5-2)36-63-69(58,59)68-70(60,61)64-37-42-46(55)47(56)48(67-42)52-34-33-43(50)51-49(52)57/h9-10,12,16,22,25,33-34,38-42,46-48,55-56H,4-8,11,13-15,17-21,23-24,26-32,35-37H2,1-3H3,(H,58,59)(H,60,61)(H2,50,51,57)/b10-9-,16-12-,25-22-/t38?,39-,40?,41?,42-,46-,47-,48-/m1/s1. The molecule has 0 radical (unpaired) electrons. The lowest BCUT2D eigenvalue weighted by Crippen LogP contribution is -2.36. The molecule has 2 aliphatic rings. The Morgan fingerprint density at radius 1 is 0.771 bits per heavy atom. The summed E-state index contributed by atoms with van der Waals surface area (Å²) in [6.45, 7) is 4.37. The van der Waals surface area contributed by atoms with Crippen LogP contribution in [0.4, 0.5) is 5.82 Å². The van der Waals surface area contributed by atoms with E-state index in [-0.39, 0.29) is 30.9 Å². The Morgan fingerprint density at radius 2 is 1.40 bits per heavy atom. The van der Waals surface area contributed by atoms with Gasteiger partial charge >= 0.3 is 33.3 Å². The highest BCUT2D eigenvalue weighted by Crippen LogP contribution is 2.60. The minimum atomic E-state index is -5.44. The van der Waals surface area contributed by atoms with Gasteiger partial charge in [-0.25, -0.2) is 13.9 Å². The molecule has 70 heavy (non-hydrogen) atoms. The van der Waals surface area contributed by atoms with Gasteiger partial charge in [-0.15, -0.1) is 0 Å². The molecule has 0 amide bonds. The number of aromatic nitrogens is 2. The van der Waals surface area contributed by atoms with E-state index in [0.29, 0.717) is 19.3 Å². The summed E-state index contributed by atoms with van der Waals surface area (Å²) in [5.41, 5.74) is 4.59. The SMILES string of the molecule is CCCCC/C=C\C/C=C\C/C=C\CC1OC1CCCC(=O)OC[C@H](COP(=O)(O)OP(=O)(O)OC[C@H]1O[C@@H](n2ccc(N)nc2=O)[C@H](O)[C@@H]1O)OC(=O)CCCCCCCCCCCCC(C)CC. The lowest BCUT2D eigenvalue weighted by atomic mass is 9.99. The zero-order valence-corrected chi connectivity index (χ0v) is 43.5. The van der Waals surface area contributed by atoms with Crippen molar-refractivity contribution in [2.24, 2.45) is 5.92 Å². The van der Waals surface area contributed by atoms with E-state index in [4.69, 9.17) is 33.7 Å². The molecule has 400 valence electrons. The number of esters is 2. The van der Waals surface area contributed by atoms with E-state index in [9.17, 15) is 43.5 Å². The number of unbranched alkanes of at least 4 members (excludes halogenated alkanes) is 12. The molecule has 0 bridgehead atoms. The molecule has 0 spiro atoms. The van der Waals surface area contributed by atoms with Gasteiger partial charge in [0, 0.05) is 19.0 Å². The summed E-state index contributed by atoms with van der Waals surface area (Å²) in [7, 11) is -10.9. The van der Waals surface area contributed by atoms with Crippen LogP contribution in [0.3, 0.4) is 0 Å². The van der Waals surface area contributed by atoms with Crippen LogP contribution in [0.2, 0.25) is 0 Å². The van der Waals surface area contributed by atoms with Gasteiger partial charge in [-0.3, -0.25) is 23.2 Å². The fraction of sp³-hybridized carbons (Fsp3) is 0.755. The second-order valence-corrected chi connectivity index (χ2v) is 21.3. The maximum Gasteiger partial charge on any atom is 0.481 e. The minimum absolute atomic E-state index is 0.0322. The smallest absolute Gasteiger partial charge is 0.462 e. The largest absolute Gasteiger partial charge is 0.481 e. The quantitative estimate of drug-likeness (QED) is 0.0135. The number of nitrogens with two attached hydrogens (primary N) is 1. The first-order valence-electron chi connectivity index (χ1n) is 25.5. The van der Waals surface area contributed by atoms with Gasteiger partial charge in [-0.1, -0.05) is 141 Å². The number of nitrogens with zero attached hydrogens (tertiary/aromatic N) is 2. The van der Waals surface area contributed by atoms with Gasteiger partial charge in [0.25, 0.3) is 0 Å². The van der Waals surface area contributed by atoms with Crippen LogP contribution in [0.15, 0.2) is 53.5 Å². The molecule has 6 N–H and O–H groups in total. The van der Waals surface area contributed by atoms with Crippen molar-refractivity contribution in [2.45, 2.75) is 211 Å². The van der Waals surface area contributed by atoms with E-state index in [1.54, 1.807) is 0 Å². The van der Waals surface area contributed by atoms with Crippen LogP contribution >= 0.6 is 15.6 Å². The molecule has 0 aliphatic carbocycles. The number of allylic oxidation sites excluding steroid dienone is 5. The van der Waals surface area contributed by atoms with E-state index < -0.39 is 83.7 Å². The first-order chi connectivity index (χ1) is 33.5. The van der Waals surface area contributed by atoms with Crippen LogP contribution in [-0.2, 0) is 51.0 Å². The van der Waals surface area contributed by atoms with Crippen LogP contribution in [0.5, 0.6) is 0 Å².